The highest BCUT2D eigenvalue weighted by Gasteiger charge is 2.18. The third-order valence-electron chi connectivity index (χ3n) is 6.33. The Bertz CT molecular complexity index is 1770. The SMILES string of the molecule is CCOc1ccc(/C=C(/NC(=O)c2ccccc2)C(=O)Nc2cccc(SC(C)C(=O)Nc3nc4ccccc4s3)c2)cc1. The number of ether oxygens (including phenoxy) is 1. The van der Waals surface area contributed by atoms with E-state index in [9.17, 15) is 14.4 Å². The highest BCUT2D eigenvalue weighted by molar-refractivity contribution is 8.00. The van der Waals surface area contributed by atoms with Crippen LogP contribution in [0.4, 0.5) is 10.8 Å². The molecule has 1 atom stereocenters. The lowest BCUT2D eigenvalue weighted by Crippen LogP contribution is -2.30. The molecule has 0 saturated carbocycles. The summed E-state index contributed by atoms with van der Waals surface area (Å²) < 4.78 is 6.51. The molecule has 0 radical (unpaired) electrons. The summed E-state index contributed by atoms with van der Waals surface area (Å²) in [5, 5.41) is 8.66. The molecule has 222 valence electrons. The summed E-state index contributed by atoms with van der Waals surface area (Å²) in [5.74, 6) is -0.365. The molecule has 0 saturated heterocycles. The molecule has 4 aromatic carbocycles. The zero-order valence-corrected chi connectivity index (χ0v) is 25.7. The Morgan fingerprint density at radius 2 is 1.66 bits per heavy atom. The minimum absolute atomic E-state index is 0.0737. The van der Waals surface area contributed by atoms with Gasteiger partial charge in [0.25, 0.3) is 11.8 Å². The van der Waals surface area contributed by atoms with Crippen LogP contribution in [-0.2, 0) is 9.59 Å². The van der Waals surface area contributed by atoms with Crippen LogP contribution in [0.25, 0.3) is 16.3 Å². The van der Waals surface area contributed by atoms with Crippen molar-refractivity contribution < 1.29 is 19.1 Å². The minimum atomic E-state index is -0.494. The molecule has 8 nitrogen and oxygen atoms in total. The molecule has 0 bridgehead atoms. The van der Waals surface area contributed by atoms with Crippen molar-refractivity contribution in [3.05, 3.63) is 120 Å². The highest BCUT2D eigenvalue weighted by Crippen LogP contribution is 2.29. The number of hydrogen-bond acceptors (Lipinski definition) is 7. The number of aromatic nitrogens is 1. The maximum absolute atomic E-state index is 13.5. The van der Waals surface area contributed by atoms with E-state index >= 15 is 0 Å². The second kappa shape index (κ2) is 14.5. The Labute approximate surface area is 263 Å². The van der Waals surface area contributed by atoms with E-state index < -0.39 is 17.1 Å². The van der Waals surface area contributed by atoms with Gasteiger partial charge in [0.1, 0.15) is 11.4 Å². The lowest BCUT2D eigenvalue weighted by atomic mass is 10.1. The molecule has 3 amide bonds. The zero-order chi connectivity index (χ0) is 30.9. The van der Waals surface area contributed by atoms with Gasteiger partial charge in [-0.1, -0.05) is 59.9 Å². The predicted octanol–water partition coefficient (Wildman–Crippen LogP) is 7.22. The molecule has 1 unspecified atom stereocenters. The minimum Gasteiger partial charge on any atom is -0.494 e. The first-order valence-electron chi connectivity index (χ1n) is 13.9. The molecule has 0 aliphatic carbocycles. The van der Waals surface area contributed by atoms with Crippen LogP contribution < -0.4 is 20.7 Å². The van der Waals surface area contributed by atoms with E-state index in [2.05, 4.69) is 20.9 Å². The number of rotatable bonds is 11. The van der Waals surface area contributed by atoms with Gasteiger partial charge in [-0.15, -0.1) is 11.8 Å². The molecule has 3 N–H and O–H groups in total. The zero-order valence-electron chi connectivity index (χ0n) is 24.1. The van der Waals surface area contributed by atoms with Gasteiger partial charge in [-0.05, 0) is 80.1 Å². The first-order valence-corrected chi connectivity index (χ1v) is 15.6. The first kappa shape index (κ1) is 30.5. The molecule has 0 fully saturated rings. The van der Waals surface area contributed by atoms with Gasteiger partial charge in [0.15, 0.2) is 5.13 Å². The van der Waals surface area contributed by atoms with Crippen LogP contribution in [-0.4, -0.2) is 34.6 Å². The number of nitrogens with one attached hydrogen (secondary N) is 3. The third-order valence-corrected chi connectivity index (χ3v) is 8.37. The third kappa shape index (κ3) is 8.12. The van der Waals surface area contributed by atoms with Crippen molar-refractivity contribution in [1.82, 2.24) is 10.3 Å². The second-order valence-electron chi connectivity index (χ2n) is 9.60. The highest BCUT2D eigenvalue weighted by atomic mass is 32.2. The number of fused-ring (bicyclic) bond motifs is 1. The number of thioether (sulfide) groups is 1. The maximum atomic E-state index is 13.5. The van der Waals surface area contributed by atoms with Crippen molar-refractivity contribution in [2.24, 2.45) is 0 Å². The summed E-state index contributed by atoms with van der Waals surface area (Å²) in [4.78, 5) is 44.6. The van der Waals surface area contributed by atoms with Crippen LogP contribution in [0.3, 0.4) is 0 Å². The molecular weight excluding hydrogens is 593 g/mol. The number of thiazole rings is 1. The smallest absolute Gasteiger partial charge is 0.272 e. The first-order chi connectivity index (χ1) is 21.4. The summed E-state index contributed by atoms with van der Waals surface area (Å²) in [7, 11) is 0. The summed E-state index contributed by atoms with van der Waals surface area (Å²) in [6, 6.07) is 30.8. The molecule has 0 spiro atoms. The van der Waals surface area contributed by atoms with Gasteiger partial charge < -0.3 is 20.7 Å². The van der Waals surface area contributed by atoms with E-state index in [1.807, 2.05) is 62.4 Å². The Hall–Kier alpha value is -4.93. The monoisotopic (exact) mass is 622 g/mol. The van der Waals surface area contributed by atoms with Crippen molar-refractivity contribution >= 4 is 67.9 Å². The quantitative estimate of drug-likeness (QED) is 0.106. The summed E-state index contributed by atoms with van der Waals surface area (Å²) in [6.07, 6.45) is 1.61. The molecular formula is C34H30N4O4S2. The molecule has 10 heteroatoms. The topological polar surface area (TPSA) is 109 Å². The van der Waals surface area contributed by atoms with Gasteiger partial charge >= 0.3 is 0 Å². The van der Waals surface area contributed by atoms with Gasteiger partial charge in [0, 0.05) is 16.1 Å². The molecule has 5 rings (SSSR count). The number of carbonyl (C=O) groups is 3. The van der Waals surface area contributed by atoms with Crippen LogP contribution in [0, 0.1) is 0 Å². The van der Waals surface area contributed by atoms with Crippen molar-refractivity contribution in [2.45, 2.75) is 24.0 Å². The van der Waals surface area contributed by atoms with Gasteiger partial charge in [-0.3, -0.25) is 14.4 Å². The Balaban J connectivity index is 1.28. The van der Waals surface area contributed by atoms with Crippen LogP contribution in [0.1, 0.15) is 29.8 Å². The normalized spacial score (nSPS) is 11.9. The Kier molecular flexibility index (Phi) is 10.1. The van der Waals surface area contributed by atoms with E-state index in [0.29, 0.717) is 34.3 Å². The average molecular weight is 623 g/mol. The predicted molar refractivity (Wildman–Crippen MR) is 178 cm³/mol. The molecule has 44 heavy (non-hydrogen) atoms. The van der Waals surface area contributed by atoms with Gasteiger partial charge in [0.2, 0.25) is 5.91 Å². The number of hydrogen-bond donors (Lipinski definition) is 3. The van der Waals surface area contributed by atoms with E-state index in [1.54, 1.807) is 60.7 Å². The van der Waals surface area contributed by atoms with Gasteiger partial charge in [-0.2, -0.15) is 0 Å². The Morgan fingerprint density at radius 3 is 2.41 bits per heavy atom. The molecule has 0 aliphatic heterocycles. The fourth-order valence-electron chi connectivity index (χ4n) is 4.17. The van der Waals surface area contributed by atoms with E-state index in [-0.39, 0.29) is 11.6 Å². The lowest BCUT2D eigenvalue weighted by Gasteiger charge is -2.14. The second-order valence-corrected chi connectivity index (χ2v) is 12.0. The van der Waals surface area contributed by atoms with E-state index in [1.165, 1.54) is 23.1 Å². The largest absolute Gasteiger partial charge is 0.494 e. The number of amides is 3. The van der Waals surface area contributed by atoms with Crippen LogP contribution >= 0.6 is 23.1 Å². The van der Waals surface area contributed by atoms with Crippen LogP contribution in [0.15, 0.2) is 114 Å². The maximum Gasteiger partial charge on any atom is 0.272 e. The molecule has 0 aliphatic rings. The fourth-order valence-corrected chi connectivity index (χ4v) is 5.97. The summed E-state index contributed by atoms with van der Waals surface area (Å²) >= 11 is 2.79. The van der Waals surface area contributed by atoms with Crippen molar-refractivity contribution in [1.29, 1.82) is 0 Å². The van der Waals surface area contributed by atoms with Crippen molar-refractivity contribution in [3.63, 3.8) is 0 Å². The number of carbonyl (C=O) groups excluding carboxylic acids is 3. The fraction of sp³-hybridized carbons (Fsp3) is 0.118. The van der Waals surface area contributed by atoms with E-state index in [4.69, 9.17) is 4.74 Å². The number of anilines is 2. The molecule has 5 aromatic rings. The molecule has 1 aromatic heterocycles. The standard InChI is InChI=1S/C34H30N4O4S2/c1-3-42-26-18-16-23(17-19-26)20-29(36-32(40)24-10-5-4-6-11-24)33(41)35-25-12-9-13-27(21-25)43-22(2)31(39)38-34-37-28-14-7-8-15-30(28)44-34/h4-22H,3H2,1-2H3,(H,35,41)(H,36,40)(H,37,38,39)/b29-20+. The Morgan fingerprint density at radius 1 is 0.909 bits per heavy atom. The summed E-state index contributed by atoms with van der Waals surface area (Å²) in [6.45, 7) is 4.26. The summed E-state index contributed by atoms with van der Waals surface area (Å²) in [5.41, 5.74) is 2.57. The number of benzene rings is 4. The van der Waals surface area contributed by atoms with Crippen molar-refractivity contribution in [3.8, 4) is 5.75 Å². The lowest BCUT2D eigenvalue weighted by molar-refractivity contribution is -0.115. The van der Waals surface area contributed by atoms with Crippen molar-refractivity contribution in [2.75, 3.05) is 17.2 Å². The number of para-hydroxylation sites is 1. The van der Waals surface area contributed by atoms with Gasteiger partial charge in [-0.25, -0.2) is 4.98 Å². The van der Waals surface area contributed by atoms with Gasteiger partial charge in [0.05, 0.1) is 22.1 Å². The van der Waals surface area contributed by atoms with E-state index in [0.717, 1.165) is 15.1 Å². The van der Waals surface area contributed by atoms with Crippen LogP contribution in [0.2, 0.25) is 0 Å². The molecule has 1 heterocycles. The average Bonchev–Trinajstić information content (AvgIpc) is 3.44. The number of nitrogens with zero attached hydrogens (tertiary/aromatic N) is 1. The van der Waals surface area contributed by atoms with Crippen LogP contribution in [0.5, 0.6) is 5.75 Å².